The summed E-state index contributed by atoms with van der Waals surface area (Å²) in [6.07, 6.45) is 0.927. The molecule has 0 bridgehead atoms. The number of rotatable bonds is 1. The number of halogens is 1. The van der Waals surface area contributed by atoms with Gasteiger partial charge in [-0.3, -0.25) is 4.90 Å². The Kier molecular flexibility index (Phi) is 3.23. The maximum Gasteiger partial charge on any atom is 0.128 e. The van der Waals surface area contributed by atoms with E-state index in [2.05, 4.69) is 25.7 Å². The highest BCUT2D eigenvalue weighted by Crippen LogP contribution is 2.37. The first kappa shape index (κ1) is 12.5. The third kappa shape index (κ3) is 2.35. The molecule has 1 saturated heterocycles. The van der Waals surface area contributed by atoms with Gasteiger partial charge in [0.15, 0.2) is 0 Å². The fourth-order valence-electron chi connectivity index (χ4n) is 2.68. The first-order chi connectivity index (χ1) is 7.91. The Hall–Kier alpha value is -0.930. The van der Waals surface area contributed by atoms with Crippen molar-refractivity contribution < 1.29 is 4.39 Å². The molecule has 1 aromatic carbocycles. The number of benzene rings is 1. The van der Waals surface area contributed by atoms with Gasteiger partial charge >= 0.3 is 0 Å². The maximum absolute atomic E-state index is 13.9. The van der Waals surface area contributed by atoms with E-state index in [0.717, 1.165) is 18.5 Å². The van der Waals surface area contributed by atoms with Crippen molar-refractivity contribution in [3.05, 3.63) is 35.6 Å². The number of nitrogens with two attached hydrogens (primary N) is 1. The van der Waals surface area contributed by atoms with Gasteiger partial charge in [-0.15, -0.1) is 0 Å². The molecule has 1 aromatic rings. The highest BCUT2D eigenvalue weighted by Gasteiger charge is 2.39. The van der Waals surface area contributed by atoms with Crippen LogP contribution in [0.1, 0.15) is 38.8 Å². The Labute approximate surface area is 103 Å². The van der Waals surface area contributed by atoms with Crippen molar-refractivity contribution in [1.82, 2.24) is 4.90 Å². The van der Waals surface area contributed by atoms with Gasteiger partial charge in [0.25, 0.3) is 0 Å². The summed E-state index contributed by atoms with van der Waals surface area (Å²) >= 11 is 0. The highest BCUT2D eigenvalue weighted by atomic mass is 19.1. The Bertz CT molecular complexity index is 397. The zero-order valence-corrected chi connectivity index (χ0v) is 10.8. The second kappa shape index (κ2) is 4.39. The van der Waals surface area contributed by atoms with Crippen molar-refractivity contribution in [3.63, 3.8) is 0 Å². The average molecular weight is 236 g/mol. The van der Waals surface area contributed by atoms with E-state index in [0.29, 0.717) is 0 Å². The molecule has 2 atom stereocenters. The normalized spacial score (nSPS) is 26.4. The van der Waals surface area contributed by atoms with Crippen LogP contribution in [0.4, 0.5) is 4.39 Å². The van der Waals surface area contributed by atoms with Crippen molar-refractivity contribution in [2.24, 2.45) is 5.73 Å². The van der Waals surface area contributed by atoms with Gasteiger partial charge in [0.1, 0.15) is 5.82 Å². The zero-order chi connectivity index (χ0) is 12.6. The number of likely N-dealkylation sites (tertiary alicyclic amines) is 1. The fraction of sp³-hybridized carbons (Fsp3) is 0.571. The molecule has 94 valence electrons. The smallest absolute Gasteiger partial charge is 0.128 e. The lowest BCUT2D eigenvalue weighted by Crippen LogP contribution is -2.43. The van der Waals surface area contributed by atoms with Gasteiger partial charge in [0, 0.05) is 23.7 Å². The Morgan fingerprint density at radius 3 is 2.53 bits per heavy atom. The summed E-state index contributed by atoms with van der Waals surface area (Å²) in [7, 11) is 0. The van der Waals surface area contributed by atoms with Crippen LogP contribution in [-0.4, -0.2) is 23.0 Å². The van der Waals surface area contributed by atoms with Crippen LogP contribution in [0.15, 0.2) is 24.3 Å². The summed E-state index contributed by atoms with van der Waals surface area (Å²) in [6.45, 7) is 7.39. The van der Waals surface area contributed by atoms with Gasteiger partial charge in [0.2, 0.25) is 0 Å². The molecule has 2 nitrogen and oxygen atoms in total. The van der Waals surface area contributed by atoms with Crippen LogP contribution < -0.4 is 5.73 Å². The lowest BCUT2D eigenvalue weighted by molar-refractivity contribution is 0.115. The predicted molar refractivity (Wildman–Crippen MR) is 68.2 cm³/mol. The largest absolute Gasteiger partial charge is 0.326 e. The molecule has 0 aliphatic carbocycles. The molecule has 0 saturated carbocycles. The molecule has 1 heterocycles. The molecule has 2 N–H and O–H groups in total. The van der Waals surface area contributed by atoms with Crippen LogP contribution in [0.3, 0.4) is 0 Å². The lowest BCUT2D eigenvalue weighted by Gasteiger charge is -2.38. The number of hydrogen-bond donors (Lipinski definition) is 1. The van der Waals surface area contributed by atoms with E-state index < -0.39 is 0 Å². The molecule has 17 heavy (non-hydrogen) atoms. The maximum atomic E-state index is 13.9. The predicted octanol–water partition coefficient (Wildman–Crippen LogP) is 2.70. The van der Waals surface area contributed by atoms with E-state index in [-0.39, 0.29) is 23.4 Å². The molecule has 0 spiro atoms. The molecule has 0 radical (unpaired) electrons. The molecule has 0 aromatic heterocycles. The minimum atomic E-state index is -0.149. The van der Waals surface area contributed by atoms with Crippen LogP contribution in [-0.2, 0) is 0 Å². The van der Waals surface area contributed by atoms with E-state index in [1.165, 1.54) is 6.07 Å². The summed E-state index contributed by atoms with van der Waals surface area (Å²) in [5, 5.41) is 0. The van der Waals surface area contributed by atoms with Crippen LogP contribution in [0.2, 0.25) is 0 Å². The minimum Gasteiger partial charge on any atom is -0.326 e. The SMILES string of the molecule is CC(C)(C)N1CCC(N)C1c1ccccc1F. The minimum absolute atomic E-state index is 0.00352. The second-order valence-corrected chi connectivity index (χ2v) is 5.78. The molecule has 2 rings (SSSR count). The monoisotopic (exact) mass is 236 g/mol. The van der Waals surface area contributed by atoms with Crippen molar-refractivity contribution >= 4 is 0 Å². The first-order valence-electron chi connectivity index (χ1n) is 6.18. The van der Waals surface area contributed by atoms with Crippen LogP contribution in [0.5, 0.6) is 0 Å². The molecule has 3 heteroatoms. The van der Waals surface area contributed by atoms with Crippen molar-refractivity contribution in [1.29, 1.82) is 0 Å². The standard InChI is InChI=1S/C14H21FN2/c1-14(2,3)17-9-8-12(16)13(17)10-6-4-5-7-11(10)15/h4-7,12-13H,8-9,16H2,1-3H3. The van der Waals surface area contributed by atoms with Gasteiger partial charge in [0.05, 0.1) is 6.04 Å². The zero-order valence-electron chi connectivity index (χ0n) is 10.8. The molecule has 1 aliphatic rings. The third-order valence-corrected chi connectivity index (χ3v) is 3.53. The topological polar surface area (TPSA) is 29.3 Å². The van der Waals surface area contributed by atoms with Crippen LogP contribution in [0.25, 0.3) is 0 Å². The van der Waals surface area contributed by atoms with E-state index in [4.69, 9.17) is 5.73 Å². The van der Waals surface area contributed by atoms with Crippen molar-refractivity contribution in [2.75, 3.05) is 6.54 Å². The van der Waals surface area contributed by atoms with Gasteiger partial charge in [-0.2, -0.15) is 0 Å². The lowest BCUT2D eigenvalue weighted by atomic mass is 9.96. The molecular formula is C14H21FN2. The van der Waals surface area contributed by atoms with Crippen molar-refractivity contribution in [3.8, 4) is 0 Å². The Balaban J connectivity index is 2.38. The van der Waals surface area contributed by atoms with E-state index in [1.807, 2.05) is 12.1 Å². The summed E-state index contributed by atoms with van der Waals surface area (Å²) in [4.78, 5) is 2.30. The van der Waals surface area contributed by atoms with E-state index >= 15 is 0 Å². The van der Waals surface area contributed by atoms with Crippen LogP contribution >= 0.6 is 0 Å². The van der Waals surface area contributed by atoms with Gasteiger partial charge in [-0.25, -0.2) is 4.39 Å². The number of nitrogens with zero attached hydrogens (tertiary/aromatic N) is 1. The Morgan fingerprint density at radius 2 is 1.94 bits per heavy atom. The van der Waals surface area contributed by atoms with E-state index in [9.17, 15) is 4.39 Å². The van der Waals surface area contributed by atoms with Gasteiger partial charge in [-0.05, 0) is 33.3 Å². The number of hydrogen-bond acceptors (Lipinski definition) is 2. The highest BCUT2D eigenvalue weighted by molar-refractivity contribution is 5.24. The molecule has 1 aliphatic heterocycles. The first-order valence-corrected chi connectivity index (χ1v) is 6.18. The van der Waals surface area contributed by atoms with Gasteiger partial charge < -0.3 is 5.73 Å². The van der Waals surface area contributed by atoms with Gasteiger partial charge in [-0.1, -0.05) is 18.2 Å². The van der Waals surface area contributed by atoms with E-state index in [1.54, 1.807) is 6.07 Å². The fourth-order valence-corrected chi connectivity index (χ4v) is 2.68. The second-order valence-electron chi connectivity index (χ2n) is 5.78. The summed E-state index contributed by atoms with van der Waals surface area (Å²) in [5.41, 5.74) is 6.90. The Morgan fingerprint density at radius 1 is 1.29 bits per heavy atom. The molecule has 0 amide bonds. The third-order valence-electron chi connectivity index (χ3n) is 3.53. The summed E-state index contributed by atoms with van der Waals surface area (Å²) in [6, 6.07) is 6.98. The molecule has 2 unspecified atom stereocenters. The van der Waals surface area contributed by atoms with Crippen LogP contribution in [0, 0.1) is 5.82 Å². The average Bonchev–Trinajstić information content (AvgIpc) is 2.60. The summed E-state index contributed by atoms with van der Waals surface area (Å²) in [5.74, 6) is -0.149. The molecule has 1 fully saturated rings. The molecular weight excluding hydrogens is 215 g/mol. The quantitative estimate of drug-likeness (QED) is 0.812. The summed E-state index contributed by atoms with van der Waals surface area (Å²) < 4.78 is 13.9. The van der Waals surface area contributed by atoms with Crippen molar-refractivity contribution in [2.45, 2.75) is 44.8 Å².